The highest BCUT2D eigenvalue weighted by molar-refractivity contribution is 6.35. The first-order chi connectivity index (χ1) is 22.3. The van der Waals surface area contributed by atoms with Crippen LogP contribution in [0.4, 0.5) is 4.79 Å². The number of piperazine rings is 1. The summed E-state index contributed by atoms with van der Waals surface area (Å²) < 4.78 is 0. The van der Waals surface area contributed by atoms with Crippen molar-refractivity contribution >= 4 is 40.3 Å². The first-order valence-electron chi connectivity index (χ1n) is 15.2. The number of carbonyl (C=O) groups is 3. The van der Waals surface area contributed by atoms with Crippen LogP contribution >= 0.6 is 11.6 Å². The second-order valence-corrected chi connectivity index (χ2v) is 11.8. The molecule has 0 bridgehead atoms. The Bertz CT molecular complexity index is 1770. The summed E-state index contributed by atoms with van der Waals surface area (Å²) in [5.41, 5.74) is 3.21. The maximum absolute atomic E-state index is 14.3. The van der Waals surface area contributed by atoms with E-state index in [1.165, 1.54) is 0 Å². The van der Waals surface area contributed by atoms with Gasteiger partial charge in [-0.2, -0.15) is 0 Å². The van der Waals surface area contributed by atoms with E-state index in [-0.39, 0.29) is 49.7 Å². The number of hydrogen-bond donors (Lipinski definition) is 2. The van der Waals surface area contributed by atoms with Crippen molar-refractivity contribution in [3.63, 3.8) is 0 Å². The topological polar surface area (TPSA) is 109 Å². The molecule has 4 aromatic rings. The summed E-state index contributed by atoms with van der Waals surface area (Å²) in [6.07, 6.45) is 4.90. The summed E-state index contributed by atoms with van der Waals surface area (Å²) in [6.45, 7) is 2.77. The zero-order valence-electron chi connectivity index (χ0n) is 25.4. The number of hydrazine groups is 1. The Morgan fingerprint density at radius 3 is 2.57 bits per heavy atom. The molecule has 0 unspecified atom stereocenters. The molecule has 1 aromatic heterocycles. The SMILES string of the molecule is C/C=C\CN1CC(=O)N2[C@@H](Cc3ccc(O)cc3)C(=O)N(Cc3ccc(Cl)c4cccnc34)C[C@@H]2N1C(=O)NCc1ccccc1. The summed E-state index contributed by atoms with van der Waals surface area (Å²) in [5.74, 6) is -0.365. The maximum atomic E-state index is 14.3. The smallest absolute Gasteiger partial charge is 0.334 e. The number of allylic oxidation sites excluding steroid dienone is 1. The van der Waals surface area contributed by atoms with Crippen molar-refractivity contribution in [3.05, 3.63) is 119 Å². The van der Waals surface area contributed by atoms with E-state index in [1.807, 2.05) is 67.6 Å². The number of carbonyl (C=O) groups excluding carboxylic acids is 3. The van der Waals surface area contributed by atoms with E-state index in [9.17, 15) is 19.5 Å². The Morgan fingerprint density at radius 2 is 1.80 bits per heavy atom. The highest BCUT2D eigenvalue weighted by atomic mass is 35.5. The van der Waals surface area contributed by atoms with E-state index < -0.39 is 12.2 Å². The molecule has 6 rings (SSSR count). The van der Waals surface area contributed by atoms with Crippen LogP contribution in [0, 0.1) is 0 Å². The van der Waals surface area contributed by atoms with Crippen LogP contribution in [0.2, 0.25) is 5.02 Å². The predicted molar refractivity (Wildman–Crippen MR) is 175 cm³/mol. The van der Waals surface area contributed by atoms with Crippen molar-refractivity contribution in [1.82, 2.24) is 30.1 Å². The fraction of sp³-hybridized carbons (Fsp3) is 0.257. The van der Waals surface area contributed by atoms with Gasteiger partial charge in [0.1, 0.15) is 18.0 Å². The van der Waals surface area contributed by atoms with E-state index in [0.717, 1.165) is 22.1 Å². The van der Waals surface area contributed by atoms with Gasteiger partial charge in [0, 0.05) is 42.7 Å². The molecule has 2 saturated heterocycles. The number of nitrogens with one attached hydrogen (secondary N) is 1. The number of nitrogens with zero attached hydrogens (tertiary/aromatic N) is 5. The molecule has 46 heavy (non-hydrogen) atoms. The minimum atomic E-state index is -0.879. The standard InChI is InChI=1S/C35H35ClN6O4/c1-2-3-18-40-23-32(44)41-30(19-24-11-14-27(43)15-12-24)34(45)39(21-26-13-16-29(36)28-10-7-17-37-33(26)28)22-31(41)42(40)35(46)38-20-25-8-5-4-6-9-25/h2-17,30-31,43H,18-23H2,1H3,(H,38,46)/b3-2-/t30-,31-/m0/s1. The molecular formula is C35H35ClN6O4. The third-order valence-corrected chi connectivity index (χ3v) is 8.73. The Labute approximate surface area is 272 Å². The van der Waals surface area contributed by atoms with E-state index in [4.69, 9.17) is 11.6 Å². The van der Waals surface area contributed by atoms with Gasteiger partial charge < -0.3 is 20.2 Å². The zero-order chi connectivity index (χ0) is 32.2. The highest BCUT2D eigenvalue weighted by Gasteiger charge is 2.51. The van der Waals surface area contributed by atoms with Gasteiger partial charge in [0.25, 0.3) is 0 Å². The molecule has 11 heteroatoms. The monoisotopic (exact) mass is 638 g/mol. The van der Waals surface area contributed by atoms with Crippen LogP contribution in [0.15, 0.2) is 97.2 Å². The largest absolute Gasteiger partial charge is 0.508 e. The van der Waals surface area contributed by atoms with Crippen molar-refractivity contribution in [2.75, 3.05) is 19.6 Å². The Hall–Kier alpha value is -4.93. The average Bonchev–Trinajstić information content (AvgIpc) is 3.07. The van der Waals surface area contributed by atoms with Crippen LogP contribution in [-0.2, 0) is 29.1 Å². The van der Waals surface area contributed by atoms with Crippen molar-refractivity contribution in [2.24, 2.45) is 0 Å². The van der Waals surface area contributed by atoms with E-state index >= 15 is 0 Å². The number of halogens is 1. The van der Waals surface area contributed by atoms with E-state index in [1.54, 1.807) is 56.3 Å². The molecule has 0 saturated carbocycles. The van der Waals surface area contributed by atoms with Gasteiger partial charge in [-0.3, -0.25) is 14.6 Å². The Kier molecular flexibility index (Phi) is 9.18. The molecule has 0 radical (unpaired) electrons. The molecule has 3 aromatic carbocycles. The van der Waals surface area contributed by atoms with Crippen LogP contribution in [0.3, 0.4) is 0 Å². The molecule has 0 spiro atoms. The number of phenolic OH excluding ortho intramolecular Hbond substituents is 1. The number of fused-ring (bicyclic) bond motifs is 2. The lowest BCUT2D eigenvalue weighted by Crippen LogP contribution is -2.76. The van der Waals surface area contributed by atoms with Crippen LogP contribution in [0.1, 0.15) is 23.6 Å². The van der Waals surface area contributed by atoms with Crippen molar-refractivity contribution in [2.45, 2.75) is 38.6 Å². The molecule has 2 aliphatic rings. The van der Waals surface area contributed by atoms with Gasteiger partial charge in [0.2, 0.25) is 11.8 Å². The molecule has 2 N–H and O–H groups in total. The Balaban J connectivity index is 1.38. The summed E-state index contributed by atoms with van der Waals surface area (Å²) in [6, 6.07) is 22.3. The lowest BCUT2D eigenvalue weighted by Gasteiger charge is -2.55. The highest BCUT2D eigenvalue weighted by Crippen LogP contribution is 2.31. The van der Waals surface area contributed by atoms with Gasteiger partial charge in [0.05, 0.1) is 18.6 Å². The first-order valence-corrected chi connectivity index (χ1v) is 15.6. The quantitative estimate of drug-likeness (QED) is 0.271. The lowest BCUT2D eigenvalue weighted by molar-refractivity contribution is -0.189. The number of aromatic nitrogens is 1. The van der Waals surface area contributed by atoms with Crippen molar-refractivity contribution < 1.29 is 19.5 Å². The molecule has 236 valence electrons. The normalized spacial score (nSPS) is 18.8. The maximum Gasteiger partial charge on any atom is 0.334 e. The summed E-state index contributed by atoms with van der Waals surface area (Å²) in [4.78, 5) is 50.1. The van der Waals surface area contributed by atoms with E-state index in [2.05, 4.69) is 10.3 Å². The third kappa shape index (κ3) is 6.40. The summed E-state index contributed by atoms with van der Waals surface area (Å²) >= 11 is 6.47. The van der Waals surface area contributed by atoms with Gasteiger partial charge in [-0.1, -0.05) is 72.3 Å². The summed E-state index contributed by atoms with van der Waals surface area (Å²) in [7, 11) is 0. The lowest BCUT2D eigenvalue weighted by atomic mass is 9.98. The number of rotatable bonds is 8. The van der Waals surface area contributed by atoms with Gasteiger partial charge in [-0.25, -0.2) is 14.8 Å². The van der Waals surface area contributed by atoms with Gasteiger partial charge in [0.15, 0.2) is 0 Å². The van der Waals surface area contributed by atoms with Crippen LogP contribution in [0.5, 0.6) is 5.75 Å². The fourth-order valence-electron chi connectivity index (χ4n) is 6.16. The van der Waals surface area contributed by atoms with Crippen LogP contribution in [0.25, 0.3) is 10.9 Å². The molecular weight excluding hydrogens is 604 g/mol. The molecule has 10 nitrogen and oxygen atoms in total. The molecule has 2 atom stereocenters. The van der Waals surface area contributed by atoms with Gasteiger partial charge in [-0.05, 0) is 53.9 Å². The molecule has 3 heterocycles. The predicted octanol–water partition coefficient (Wildman–Crippen LogP) is 4.72. The minimum absolute atomic E-state index is 0.0648. The second kappa shape index (κ2) is 13.6. The van der Waals surface area contributed by atoms with Gasteiger partial charge in [-0.15, -0.1) is 0 Å². The van der Waals surface area contributed by atoms with Crippen molar-refractivity contribution in [3.8, 4) is 5.75 Å². The van der Waals surface area contributed by atoms with Gasteiger partial charge >= 0.3 is 6.03 Å². The zero-order valence-corrected chi connectivity index (χ0v) is 26.2. The molecule has 0 aliphatic carbocycles. The number of hydrogen-bond acceptors (Lipinski definition) is 6. The Morgan fingerprint density at radius 1 is 1.02 bits per heavy atom. The number of aromatic hydroxyl groups is 1. The summed E-state index contributed by atoms with van der Waals surface area (Å²) in [5, 5.41) is 17.6. The minimum Gasteiger partial charge on any atom is -0.508 e. The average molecular weight is 639 g/mol. The molecule has 4 amide bonds. The fourth-order valence-corrected chi connectivity index (χ4v) is 6.38. The second-order valence-electron chi connectivity index (χ2n) is 11.4. The van der Waals surface area contributed by atoms with Crippen molar-refractivity contribution in [1.29, 1.82) is 0 Å². The number of pyridine rings is 1. The van der Waals surface area contributed by atoms with E-state index in [0.29, 0.717) is 23.6 Å². The number of urea groups is 1. The third-order valence-electron chi connectivity index (χ3n) is 8.40. The molecule has 2 fully saturated rings. The first kappa shape index (κ1) is 31.1. The number of amides is 4. The number of phenols is 1. The van der Waals surface area contributed by atoms with Crippen LogP contribution < -0.4 is 5.32 Å². The van der Waals surface area contributed by atoms with Crippen LogP contribution in [-0.4, -0.2) is 79.6 Å². The number of benzene rings is 3. The molecule has 2 aliphatic heterocycles.